The van der Waals surface area contributed by atoms with E-state index in [-0.39, 0.29) is 6.61 Å². The summed E-state index contributed by atoms with van der Waals surface area (Å²) in [7, 11) is 1.66. The number of hydrogen-bond donors (Lipinski definition) is 1. The van der Waals surface area contributed by atoms with E-state index < -0.39 is 0 Å². The molecule has 0 aliphatic carbocycles. The fourth-order valence-electron chi connectivity index (χ4n) is 3.33. The fraction of sp³-hybridized carbons (Fsp3) is 0.160. The van der Waals surface area contributed by atoms with Crippen molar-refractivity contribution in [3.63, 3.8) is 0 Å². The van der Waals surface area contributed by atoms with Crippen LogP contribution < -0.4 is 9.54 Å². The molecule has 4 nitrogen and oxygen atoms in total. The number of nitrogens with zero attached hydrogens (tertiary/aromatic N) is 2. The summed E-state index contributed by atoms with van der Waals surface area (Å²) in [4.78, 5) is 5.74. The topological polar surface area (TPSA) is 46.8 Å². The minimum Gasteiger partial charge on any atom is -0.497 e. The van der Waals surface area contributed by atoms with Crippen molar-refractivity contribution in [3.8, 4) is 28.1 Å². The van der Waals surface area contributed by atoms with Crippen LogP contribution in [-0.4, -0.2) is 23.4 Å². The first-order chi connectivity index (χ1) is 14.8. The van der Waals surface area contributed by atoms with Gasteiger partial charge >= 0.3 is 0 Å². The SMILES string of the molecule is COc1ccc(N=c2scc(-c3ccc(-c4ccccc4)cc3)n2CCCO)cc1. The van der Waals surface area contributed by atoms with Crippen molar-refractivity contribution in [1.29, 1.82) is 0 Å². The Morgan fingerprint density at radius 3 is 2.20 bits per heavy atom. The summed E-state index contributed by atoms with van der Waals surface area (Å²) in [6.07, 6.45) is 0.682. The smallest absolute Gasteiger partial charge is 0.190 e. The summed E-state index contributed by atoms with van der Waals surface area (Å²) < 4.78 is 7.41. The van der Waals surface area contributed by atoms with Crippen molar-refractivity contribution < 1.29 is 9.84 Å². The number of benzene rings is 3. The van der Waals surface area contributed by atoms with Gasteiger partial charge in [-0.1, -0.05) is 54.6 Å². The Kier molecular flexibility index (Phi) is 6.42. The zero-order valence-electron chi connectivity index (χ0n) is 16.9. The molecule has 0 unspecified atom stereocenters. The molecule has 0 amide bonds. The average molecular weight is 417 g/mol. The summed E-state index contributed by atoms with van der Waals surface area (Å²) in [5, 5.41) is 11.5. The number of thiazole rings is 1. The van der Waals surface area contributed by atoms with Gasteiger partial charge in [-0.05, 0) is 47.4 Å². The zero-order valence-corrected chi connectivity index (χ0v) is 17.7. The van der Waals surface area contributed by atoms with E-state index in [2.05, 4.69) is 58.5 Å². The van der Waals surface area contributed by atoms with Gasteiger partial charge in [-0.15, -0.1) is 11.3 Å². The highest BCUT2D eigenvalue weighted by Gasteiger charge is 2.09. The monoisotopic (exact) mass is 416 g/mol. The first kappa shape index (κ1) is 20.1. The van der Waals surface area contributed by atoms with Crippen molar-refractivity contribution in [1.82, 2.24) is 4.57 Å². The molecule has 0 fully saturated rings. The molecule has 0 aliphatic heterocycles. The van der Waals surface area contributed by atoms with E-state index in [9.17, 15) is 5.11 Å². The Balaban J connectivity index is 1.70. The Morgan fingerprint density at radius 2 is 1.53 bits per heavy atom. The molecule has 1 heterocycles. The Labute approximate surface area is 180 Å². The first-order valence-electron chi connectivity index (χ1n) is 9.92. The van der Waals surface area contributed by atoms with Crippen molar-refractivity contribution in [2.24, 2.45) is 4.99 Å². The molecule has 0 bridgehead atoms. The van der Waals surface area contributed by atoms with Crippen LogP contribution in [0.4, 0.5) is 5.69 Å². The number of aliphatic hydroxyl groups excluding tert-OH is 1. The second-order valence-electron chi connectivity index (χ2n) is 6.89. The molecule has 4 aromatic rings. The summed E-state index contributed by atoms with van der Waals surface area (Å²) in [6.45, 7) is 0.863. The van der Waals surface area contributed by atoms with Gasteiger partial charge in [0, 0.05) is 18.5 Å². The molecular weight excluding hydrogens is 392 g/mol. The van der Waals surface area contributed by atoms with Crippen LogP contribution in [0.25, 0.3) is 22.4 Å². The minimum atomic E-state index is 0.150. The second-order valence-corrected chi connectivity index (χ2v) is 7.72. The van der Waals surface area contributed by atoms with Gasteiger partial charge in [0.1, 0.15) is 5.75 Å². The number of aliphatic hydroxyl groups is 1. The summed E-state index contributed by atoms with van der Waals surface area (Å²) in [6, 6.07) is 26.7. The zero-order chi connectivity index (χ0) is 20.8. The summed E-state index contributed by atoms with van der Waals surface area (Å²) in [5.74, 6) is 0.812. The third-order valence-corrected chi connectivity index (χ3v) is 5.79. The number of methoxy groups -OCH3 is 1. The maximum Gasteiger partial charge on any atom is 0.190 e. The lowest BCUT2D eigenvalue weighted by atomic mass is 10.0. The minimum absolute atomic E-state index is 0.150. The maximum absolute atomic E-state index is 9.37. The number of ether oxygens (including phenoxy) is 1. The number of rotatable bonds is 7. The van der Waals surface area contributed by atoms with Crippen LogP contribution >= 0.6 is 11.3 Å². The molecule has 5 heteroatoms. The molecule has 30 heavy (non-hydrogen) atoms. The highest BCUT2D eigenvalue weighted by atomic mass is 32.1. The molecule has 152 valence electrons. The van der Waals surface area contributed by atoms with Crippen LogP contribution in [0.1, 0.15) is 6.42 Å². The van der Waals surface area contributed by atoms with Crippen molar-refractivity contribution in [2.75, 3.05) is 13.7 Å². The largest absolute Gasteiger partial charge is 0.497 e. The molecule has 0 saturated heterocycles. The van der Waals surface area contributed by atoms with Crippen LogP contribution in [0.3, 0.4) is 0 Å². The predicted octanol–water partition coefficient (Wildman–Crippen LogP) is 5.51. The lowest BCUT2D eigenvalue weighted by molar-refractivity contribution is 0.279. The molecule has 0 atom stereocenters. The van der Waals surface area contributed by atoms with Crippen molar-refractivity contribution in [3.05, 3.63) is 89.0 Å². The van der Waals surface area contributed by atoms with Gasteiger partial charge in [0.2, 0.25) is 0 Å². The second kappa shape index (κ2) is 9.57. The van der Waals surface area contributed by atoms with E-state index in [4.69, 9.17) is 9.73 Å². The van der Waals surface area contributed by atoms with Crippen LogP contribution in [0.2, 0.25) is 0 Å². The molecule has 0 saturated carbocycles. The van der Waals surface area contributed by atoms with Crippen LogP contribution in [0.5, 0.6) is 5.75 Å². The maximum atomic E-state index is 9.37. The quantitative estimate of drug-likeness (QED) is 0.432. The fourth-order valence-corrected chi connectivity index (χ4v) is 4.28. The van der Waals surface area contributed by atoms with E-state index in [1.54, 1.807) is 18.4 Å². The normalized spacial score (nSPS) is 11.6. The predicted molar refractivity (Wildman–Crippen MR) is 123 cm³/mol. The van der Waals surface area contributed by atoms with E-state index in [1.165, 1.54) is 11.1 Å². The molecule has 0 spiro atoms. The van der Waals surface area contributed by atoms with E-state index in [1.807, 2.05) is 30.3 Å². The molecule has 1 N–H and O–H groups in total. The standard InChI is InChI=1S/C25H24N2O2S/c1-29-23-14-12-22(13-15-23)26-25-27(16-5-17-28)24(18-30-25)21-10-8-20(9-11-21)19-6-3-2-4-7-19/h2-4,6-15,18,28H,5,16-17H2,1H3. The van der Waals surface area contributed by atoms with E-state index in [0.717, 1.165) is 27.5 Å². The highest BCUT2D eigenvalue weighted by Crippen LogP contribution is 2.26. The molecule has 0 aliphatic rings. The van der Waals surface area contributed by atoms with Crippen LogP contribution in [-0.2, 0) is 6.54 Å². The van der Waals surface area contributed by atoms with Crippen molar-refractivity contribution in [2.45, 2.75) is 13.0 Å². The molecule has 1 aromatic heterocycles. The number of hydrogen-bond acceptors (Lipinski definition) is 4. The van der Waals surface area contributed by atoms with E-state index in [0.29, 0.717) is 13.0 Å². The van der Waals surface area contributed by atoms with Gasteiger partial charge in [0.15, 0.2) is 4.80 Å². The number of aromatic nitrogens is 1. The van der Waals surface area contributed by atoms with Gasteiger partial charge in [-0.3, -0.25) is 0 Å². The van der Waals surface area contributed by atoms with Gasteiger partial charge in [0.25, 0.3) is 0 Å². The lowest BCUT2D eigenvalue weighted by Crippen LogP contribution is -2.16. The Hall–Kier alpha value is -3.15. The van der Waals surface area contributed by atoms with Gasteiger partial charge in [0.05, 0.1) is 18.5 Å². The first-order valence-corrected chi connectivity index (χ1v) is 10.8. The summed E-state index contributed by atoms with van der Waals surface area (Å²) in [5.41, 5.74) is 5.53. The highest BCUT2D eigenvalue weighted by molar-refractivity contribution is 7.07. The molecule has 4 rings (SSSR count). The van der Waals surface area contributed by atoms with Crippen molar-refractivity contribution >= 4 is 17.0 Å². The third-order valence-electron chi connectivity index (χ3n) is 4.92. The van der Waals surface area contributed by atoms with Crippen LogP contribution in [0, 0.1) is 0 Å². The van der Waals surface area contributed by atoms with Gasteiger partial charge in [-0.2, -0.15) is 0 Å². The van der Waals surface area contributed by atoms with Gasteiger partial charge < -0.3 is 14.4 Å². The lowest BCUT2D eigenvalue weighted by Gasteiger charge is -2.09. The summed E-state index contributed by atoms with van der Waals surface area (Å²) >= 11 is 1.61. The Bertz CT molecular complexity index is 1140. The third kappa shape index (κ3) is 4.53. The van der Waals surface area contributed by atoms with Crippen LogP contribution in [0.15, 0.2) is 89.2 Å². The van der Waals surface area contributed by atoms with E-state index >= 15 is 0 Å². The molecular formula is C25H24N2O2S. The molecule has 3 aromatic carbocycles. The van der Waals surface area contributed by atoms with Gasteiger partial charge in [-0.25, -0.2) is 4.99 Å². The molecule has 0 radical (unpaired) electrons. The average Bonchev–Trinajstić information content (AvgIpc) is 3.21. The Morgan fingerprint density at radius 1 is 0.867 bits per heavy atom.